The third kappa shape index (κ3) is 5.61. The molecule has 0 aliphatic carbocycles. The lowest BCUT2D eigenvalue weighted by Crippen LogP contribution is -2.28. The first kappa shape index (κ1) is 23.9. The average Bonchev–Trinajstić information content (AvgIpc) is 2.72. The average molecular weight is 433 g/mol. The van der Waals surface area contributed by atoms with Crippen molar-refractivity contribution in [2.24, 2.45) is 0 Å². The number of ether oxygens (including phenoxy) is 1. The first-order chi connectivity index (χ1) is 14.1. The molecular formula is C23H32N2O4S. The van der Waals surface area contributed by atoms with E-state index in [4.69, 9.17) is 4.74 Å². The van der Waals surface area contributed by atoms with Gasteiger partial charge in [-0.15, -0.1) is 0 Å². The number of methoxy groups -OCH3 is 1. The van der Waals surface area contributed by atoms with E-state index in [1.54, 1.807) is 12.1 Å². The van der Waals surface area contributed by atoms with Gasteiger partial charge in [0.1, 0.15) is 5.75 Å². The summed E-state index contributed by atoms with van der Waals surface area (Å²) in [4.78, 5) is 12.8. The third-order valence-electron chi connectivity index (χ3n) is 5.33. The van der Waals surface area contributed by atoms with Crippen molar-refractivity contribution >= 4 is 15.9 Å². The van der Waals surface area contributed by atoms with Crippen LogP contribution in [0.1, 0.15) is 48.1 Å². The first-order valence-electron chi connectivity index (χ1n) is 10.1. The van der Waals surface area contributed by atoms with Crippen LogP contribution in [0.4, 0.5) is 0 Å². The van der Waals surface area contributed by atoms with E-state index < -0.39 is 10.0 Å². The topological polar surface area (TPSA) is 75.7 Å². The van der Waals surface area contributed by atoms with Crippen LogP contribution in [-0.4, -0.2) is 39.8 Å². The highest BCUT2D eigenvalue weighted by atomic mass is 32.2. The number of carbonyl (C=O) groups is 1. The predicted octanol–water partition coefficient (Wildman–Crippen LogP) is 3.76. The van der Waals surface area contributed by atoms with Crippen LogP contribution in [-0.2, 0) is 21.2 Å². The number of carbonyl (C=O) groups excluding carboxylic acids is 1. The van der Waals surface area contributed by atoms with Crippen LogP contribution in [0.15, 0.2) is 41.3 Å². The van der Waals surface area contributed by atoms with Crippen molar-refractivity contribution in [3.63, 3.8) is 0 Å². The molecule has 6 nitrogen and oxygen atoms in total. The first-order valence-corrected chi connectivity index (χ1v) is 11.5. The van der Waals surface area contributed by atoms with Gasteiger partial charge in [0, 0.05) is 20.5 Å². The Morgan fingerprint density at radius 2 is 1.80 bits per heavy atom. The SMILES string of the molecule is CC[C@H](NC(=O)CCc1cc(S(=O)(=O)N(C)C)ccc1OC)c1ccc(C)c(C)c1. The molecule has 0 bridgehead atoms. The van der Waals surface area contributed by atoms with Crippen LogP contribution in [0.2, 0.25) is 0 Å². The van der Waals surface area contributed by atoms with Crippen LogP contribution < -0.4 is 10.1 Å². The number of amides is 1. The number of rotatable bonds is 9. The maximum atomic E-state index is 12.6. The van der Waals surface area contributed by atoms with Crippen molar-refractivity contribution in [1.82, 2.24) is 9.62 Å². The molecule has 2 rings (SSSR count). The Bertz CT molecular complexity index is 1000. The van der Waals surface area contributed by atoms with Crippen LogP contribution in [0.3, 0.4) is 0 Å². The van der Waals surface area contributed by atoms with Gasteiger partial charge in [-0.25, -0.2) is 12.7 Å². The number of hydrogen-bond acceptors (Lipinski definition) is 4. The fourth-order valence-corrected chi connectivity index (χ4v) is 4.19. The summed E-state index contributed by atoms with van der Waals surface area (Å²) < 4.78 is 31.4. The van der Waals surface area contributed by atoms with Gasteiger partial charge in [0.15, 0.2) is 0 Å². The second kappa shape index (κ2) is 10.1. The Labute approximate surface area is 180 Å². The molecule has 1 amide bonds. The molecule has 0 heterocycles. The molecule has 2 aromatic carbocycles. The van der Waals surface area contributed by atoms with Gasteiger partial charge in [0.2, 0.25) is 15.9 Å². The Morgan fingerprint density at radius 3 is 2.37 bits per heavy atom. The molecule has 0 aliphatic heterocycles. The van der Waals surface area contributed by atoms with Crippen molar-refractivity contribution in [3.8, 4) is 5.75 Å². The minimum atomic E-state index is -3.55. The lowest BCUT2D eigenvalue weighted by atomic mass is 9.99. The maximum absolute atomic E-state index is 12.6. The second-order valence-corrected chi connectivity index (χ2v) is 9.78. The zero-order chi connectivity index (χ0) is 22.5. The van der Waals surface area contributed by atoms with Crippen molar-refractivity contribution in [2.45, 2.75) is 51.0 Å². The number of hydrogen-bond donors (Lipinski definition) is 1. The van der Waals surface area contributed by atoms with E-state index in [0.29, 0.717) is 17.7 Å². The number of sulfonamides is 1. The van der Waals surface area contributed by atoms with Gasteiger partial charge in [0.05, 0.1) is 18.0 Å². The van der Waals surface area contributed by atoms with Gasteiger partial charge in [-0.05, 0) is 67.1 Å². The van der Waals surface area contributed by atoms with E-state index >= 15 is 0 Å². The lowest BCUT2D eigenvalue weighted by molar-refractivity contribution is -0.121. The quantitative estimate of drug-likeness (QED) is 0.655. The summed E-state index contributed by atoms with van der Waals surface area (Å²) in [6, 6.07) is 10.9. The summed E-state index contributed by atoms with van der Waals surface area (Å²) in [6.45, 7) is 6.17. The van der Waals surface area contributed by atoms with Crippen LogP contribution in [0.25, 0.3) is 0 Å². The molecule has 0 aliphatic rings. The fraction of sp³-hybridized carbons (Fsp3) is 0.435. The Balaban J connectivity index is 2.13. The van der Waals surface area contributed by atoms with E-state index in [1.807, 2.05) is 6.92 Å². The highest BCUT2D eigenvalue weighted by Crippen LogP contribution is 2.25. The molecule has 30 heavy (non-hydrogen) atoms. The predicted molar refractivity (Wildman–Crippen MR) is 119 cm³/mol. The zero-order valence-corrected chi connectivity index (χ0v) is 19.5. The minimum absolute atomic E-state index is 0.0563. The molecule has 0 unspecified atom stereocenters. The summed E-state index contributed by atoms with van der Waals surface area (Å²) in [7, 11) is 0.962. The zero-order valence-electron chi connectivity index (χ0n) is 18.7. The summed E-state index contributed by atoms with van der Waals surface area (Å²) in [6.07, 6.45) is 1.41. The minimum Gasteiger partial charge on any atom is -0.496 e. The molecule has 1 atom stereocenters. The van der Waals surface area contributed by atoms with Crippen LogP contribution >= 0.6 is 0 Å². The summed E-state index contributed by atoms with van der Waals surface area (Å²) in [5.41, 5.74) is 4.20. The highest BCUT2D eigenvalue weighted by Gasteiger charge is 2.20. The van der Waals surface area contributed by atoms with E-state index in [2.05, 4.69) is 37.4 Å². The Kier molecular flexibility index (Phi) is 8.03. The smallest absolute Gasteiger partial charge is 0.242 e. The van der Waals surface area contributed by atoms with Gasteiger partial charge in [-0.3, -0.25) is 4.79 Å². The monoisotopic (exact) mass is 432 g/mol. The number of aryl methyl sites for hydroxylation is 3. The van der Waals surface area contributed by atoms with Gasteiger partial charge in [-0.1, -0.05) is 25.1 Å². The molecule has 7 heteroatoms. The number of nitrogens with one attached hydrogen (secondary N) is 1. The van der Waals surface area contributed by atoms with Gasteiger partial charge in [-0.2, -0.15) is 0 Å². The maximum Gasteiger partial charge on any atom is 0.242 e. The van der Waals surface area contributed by atoms with E-state index in [9.17, 15) is 13.2 Å². The molecule has 2 aromatic rings. The third-order valence-corrected chi connectivity index (χ3v) is 7.14. The van der Waals surface area contributed by atoms with Crippen LogP contribution in [0, 0.1) is 13.8 Å². The molecular weight excluding hydrogens is 400 g/mol. The van der Waals surface area contributed by atoms with Crippen molar-refractivity contribution in [2.75, 3.05) is 21.2 Å². The van der Waals surface area contributed by atoms with Crippen molar-refractivity contribution in [3.05, 3.63) is 58.7 Å². The molecule has 1 N–H and O–H groups in total. The molecule has 164 valence electrons. The van der Waals surface area contributed by atoms with Gasteiger partial charge >= 0.3 is 0 Å². The second-order valence-electron chi connectivity index (χ2n) is 7.63. The van der Waals surface area contributed by atoms with Crippen molar-refractivity contribution in [1.29, 1.82) is 0 Å². The summed E-state index contributed by atoms with van der Waals surface area (Å²) in [5, 5.41) is 3.09. The highest BCUT2D eigenvalue weighted by molar-refractivity contribution is 7.89. The molecule has 0 radical (unpaired) electrons. The lowest BCUT2D eigenvalue weighted by Gasteiger charge is -2.19. The Morgan fingerprint density at radius 1 is 1.10 bits per heavy atom. The number of nitrogens with zero attached hydrogens (tertiary/aromatic N) is 1. The Hall–Kier alpha value is -2.38. The molecule has 0 saturated carbocycles. The fourth-order valence-electron chi connectivity index (χ4n) is 3.24. The van der Waals surface area contributed by atoms with Crippen LogP contribution in [0.5, 0.6) is 5.75 Å². The summed E-state index contributed by atoms with van der Waals surface area (Å²) in [5.74, 6) is 0.490. The summed E-state index contributed by atoms with van der Waals surface area (Å²) >= 11 is 0. The largest absolute Gasteiger partial charge is 0.496 e. The molecule has 0 spiro atoms. The molecule has 0 saturated heterocycles. The van der Waals surface area contributed by atoms with Crippen molar-refractivity contribution < 1.29 is 17.9 Å². The van der Waals surface area contributed by atoms with E-state index in [0.717, 1.165) is 12.0 Å². The van der Waals surface area contributed by atoms with E-state index in [-0.39, 0.29) is 23.3 Å². The standard InChI is InChI=1S/C23H32N2O4S/c1-7-21(18-9-8-16(2)17(3)14-18)24-23(26)13-10-19-15-20(11-12-22(19)29-6)30(27,28)25(4)5/h8-9,11-12,14-15,21H,7,10,13H2,1-6H3,(H,24,26)/t21-/m0/s1. The van der Waals surface area contributed by atoms with Gasteiger partial charge in [0.25, 0.3) is 0 Å². The number of benzene rings is 2. The molecule has 0 aromatic heterocycles. The van der Waals surface area contributed by atoms with Gasteiger partial charge < -0.3 is 10.1 Å². The van der Waals surface area contributed by atoms with E-state index in [1.165, 1.54) is 42.7 Å². The normalized spacial score (nSPS) is 12.6. The molecule has 0 fully saturated rings.